The summed E-state index contributed by atoms with van der Waals surface area (Å²) >= 11 is 1.49. The Hall–Kier alpha value is -0.710. The van der Waals surface area contributed by atoms with Crippen molar-refractivity contribution in [3.8, 4) is 0 Å². The van der Waals surface area contributed by atoms with Gasteiger partial charge in [-0.15, -0.1) is 0 Å². The number of thioether (sulfide) groups is 1. The summed E-state index contributed by atoms with van der Waals surface area (Å²) in [6.45, 7) is 4.58. The Balaban J connectivity index is 2.40. The van der Waals surface area contributed by atoms with E-state index in [9.17, 15) is 0 Å². The average Bonchev–Trinajstić information content (AvgIpc) is 2.10. The van der Waals surface area contributed by atoms with Crippen molar-refractivity contribution in [2.45, 2.75) is 38.4 Å². The fraction of sp³-hybridized carbons (Fsp3) is 0.800. The van der Waals surface area contributed by atoms with E-state index in [2.05, 4.69) is 18.8 Å². The van der Waals surface area contributed by atoms with Crippen molar-refractivity contribution in [1.82, 2.24) is 0 Å². The van der Waals surface area contributed by atoms with E-state index >= 15 is 0 Å². The van der Waals surface area contributed by atoms with Crippen LogP contribution in [0.25, 0.3) is 0 Å². The van der Waals surface area contributed by atoms with Crippen LogP contribution in [0.3, 0.4) is 0 Å². The first-order valence-electron chi connectivity index (χ1n) is 5.34. The molecule has 1 saturated carbocycles. The van der Waals surface area contributed by atoms with Crippen molar-refractivity contribution in [3.05, 3.63) is 0 Å². The van der Waals surface area contributed by atoms with Crippen LogP contribution >= 0.6 is 11.8 Å². The van der Waals surface area contributed by atoms with Gasteiger partial charge in [-0.2, -0.15) is 4.99 Å². The van der Waals surface area contributed by atoms with Gasteiger partial charge >= 0.3 is 0 Å². The zero-order valence-corrected chi connectivity index (χ0v) is 10.2. The van der Waals surface area contributed by atoms with E-state index in [1.54, 1.807) is 0 Å². The van der Waals surface area contributed by atoms with Crippen molar-refractivity contribution in [2.24, 2.45) is 28.3 Å². The van der Waals surface area contributed by atoms with Crippen molar-refractivity contribution < 1.29 is 0 Å². The van der Waals surface area contributed by atoms with Crippen LogP contribution in [0.2, 0.25) is 0 Å². The minimum absolute atomic E-state index is 0.0234. The Labute approximate surface area is 95.4 Å². The monoisotopic (exact) mass is 228 g/mol. The van der Waals surface area contributed by atoms with E-state index < -0.39 is 0 Å². The molecule has 1 rings (SSSR count). The SMILES string of the molecule is CC1CCC(SC(=N)N=C(N)N)CC1C. The van der Waals surface area contributed by atoms with Crippen molar-refractivity contribution in [3.63, 3.8) is 0 Å². The summed E-state index contributed by atoms with van der Waals surface area (Å²) in [6.07, 6.45) is 3.57. The molecule has 0 bridgehead atoms. The van der Waals surface area contributed by atoms with Crippen molar-refractivity contribution >= 4 is 22.9 Å². The van der Waals surface area contributed by atoms with Crippen LogP contribution in [0.5, 0.6) is 0 Å². The van der Waals surface area contributed by atoms with E-state index in [1.807, 2.05) is 0 Å². The summed E-state index contributed by atoms with van der Waals surface area (Å²) in [6, 6.07) is 0. The summed E-state index contributed by atoms with van der Waals surface area (Å²) < 4.78 is 0. The minimum atomic E-state index is -0.0234. The van der Waals surface area contributed by atoms with Gasteiger partial charge in [0.15, 0.2) is 11.1 Å². The lowest BCUT2D eigenvalue weighted by molar-refractivity contribution is 0.284. The van der Waals surface area contributed by atoms with E-state index in [0.717, 1.165) is 18.3 Å². The van der Waals surface area contributed by atoms with Crippen LogP contribution in [-0.4, -0.2) is 16.4 Å². The molecule has 0 aromatic carbocycles. The van der Waals surface area contributed by atoms with E-state index in [1.165, 1.54) is 24.6 Å². The fourth-order valence-corrected chi connectivity index (χ4v) is 3.03. The topological polar surface area (TPSA) is 88.2 Å². The van der Waals surface area contributed by atoms with Gasteiger partial charge in [-0.25, -0.2) is 0 Å². The number of nitrogens with two attached hydrogens (primary N) is 2. The van der Waals surface area contributed by atoms with E-state index in [-0.39, 0.29) is 11.1 Å². The Morgan fingerprint density at radius 3 is 2.47 bits per heavy atom. The Bertz CT molecular complexity index is 260. The molecule has 3 unspecified atom stereocenters. The number of nitrogens with zero attached hydrogens (tertiary/aromatic N) is 1. The summed E-state index contributed by atoms with van der Waals surface area (Å²) in [7, 11) is 0. The van der Waals surface area contributed by atoms with Crippen LogP contribution < -0.4 is 11.5 Å². The van der Waals surface area contributed by atoms with Gasteiger partial charge in [-0.1, -0.05) is 25.6 Å². The van der Waals surface area contributed by atoms with Crippen LogP contribution in [0, 0.1) is 17.2 Å². The predicted octanol–water partition coefficient (Wildman–Crippen LogP) is 1.75. The molecule has 1 aliphatic rings. The number of hydrogen-bond acceptors (Lipinski definition) is 2. The molecule has 0 aromatic heterocycles. The minimum Gasteiger partial charge on any atom is -0.370 e. The zero-order valence-electron chi connectivity index (χ0n) is 9.36. The molecule has 86 valence electrons. The zero-order chi connectivity index (χ0) is 11.4. The van der Waals surface area contributed by atoms with Gasteiger partial charge < -0.3 is 11.5 Å². The molecule has 15 heavy (non-hydrogen) atoms. The molecule has 0 aromatic rings. The first-order chi connectivity index (χ1) is 6.99. The molecular weight excluding hydrogens is 208 g/mol. The number of guanidine groups is 1. The van der Waals surface area contributed by atoms with Gasteiger partial charge in [-0.05, 0) is 31.1 Å². The highest BCUT2D eigenvalue weighted by molar-refractivity contribution is 8.14. The van der Waals surface area contributed by atoms with Crippen molar-refractivity contribution in [1.29, 1.82) is 5.41 Å². The Morgan fingerprint density at radius 1 is 1.27 bits per heavy atom. The molecule has 1 aliphatic carbocycles. The maximum atomic E-state index is 7.59. The van der Waals surface area contributed by atoms with Gasteiger partial charge in [0.2, 0.25) is 0 Å². The molecule has 0 amide bonds. The number of aliphatic imine (C=N–C) groups is 1. The summed E-state index contributed by atoms with van der Waals surface area (Å²) in [5.74, 6) is 1.52. The first kappa shape index (κ1) is 12.4. The standard InChI is InChI=1S/C10H20N4S/c1-6-3-4-8(5-7(6)2)15-10(13)14-9(11)12/h6-8H,3-5H2,1-2H3,(H5,11,12,13,14). The molecule has 0 saturated heterocycles. The molecule has 3 atom stereocenters. The van der Waals surface area contributed by atoms with E-state index in [0.29, 0.717) is 5.25 Å². The molecule has 5 N–H and O–H groups in total. The Morgan fingerprint density at radius 2 is 1.93 bits per heavy atom. The van der Waals surface area contributed by atoms with Crippen LogP contribution in [0.15, 0.2) is 4.99 Å². The molecule has 1 fully saturated rings. The summed E-state index contributed by atoms with van der Waals surface area (Å²) in [5, 5.41) is 8.33. The van der Waals surface area contributed by atoms with Crippen LogP contribution in [-0.2, 0) is 0 Å². The van der Waals surface area contributed by atoms with Gasteiger partial charge in [-0.3, -0.25) is 5.41 Å². The maximum Gasteiger partial charge on any atom is 0.193 e. The number of amidine groups is 1. The highest BCUT2D eigenvalue weighted by Gasteiger charge is 2.25. The highest BCUT2D eigenvalue weighted by atomic mass is 32.2. The van der Waals surface area contributed by atoms with E-state index in [4.69, 9.17) is 16.9 Å². The molecule has 5 heteroatoms. The molecule has 0 spiro atoms. The first-order valence-corrected chi connectivity index (χ1v) is 6.22. The quantitative estimate of drug-likeness (QED) is 0.472. The second-order valence-electron chi connectivity index (χ2n) is 4.35. The number of hydrogen-bond donors (Lipinski definition) is 3. The summed E-state index contributed by atoms with van der Waals surface area (Å²) in [4.78, 5) is 3.73. The highest BCUT2D eigenvalue weighted by Crippen LogP contribution is 2.35. The van der Waals surface area contributed by atoms with Gasteiger partial charge in [0.05, 0.1) is 0 Å². The maximum absolute atomic E-state index is 7.59. The molecule has 0 heterocycles. The average molecular weight is 228 g/mol. The third kappa shape index (κ3) is 4.11. The van der Waals surface area contributed by atoms with Gasteiger partial charge in [0.1, 0.15) is 0 Å². The molecule has 0 aliphatic heterocycles. The lowest BCUT2D eigenvalue weighted by Crippen LogP contribution is -2.25. The van der Waals surface area contributed by atoms with Crippen molar-refractivity contribution in [2.75, 3.05) is 0 Å². The Kier molecular flexibility index (Phi) is 4.45. The number of rotatable bonds is 1. The fourth-order valence-electron chi connectivity index (χ4n) is 1.91. The van der Waals surface area contributed by atoms with Crippen LogP contribution in [0.1, 0.15) is 33.1 Å². The smallest absolute Gasteiger partial charge is 0.193 e. The van der Waals surface area contributed by atoms with Gasteiger partial charge in [0.25, 0.3) is 0 Å². The second-order valence-corrected chi connectivity index (χ2v) is 5.64. The second kappa shape index (κ2) is 5.39. The van der Waals surface area contributed by atoms with Crippen LogP contribution in [0.4, 0.5) is 0 Å². The normalized spacial score (nSPS) is 30.9. The lowest BCUT2D eigenvalue weighted by Gasteiger charge is -2.31. The third-order valence-electron chi connectivity index (χ3n) is 3.06. The van der Waals surface area contributed by atoms with Gasteiger partial charge in [0, 0.05) is 5.25 Å². The predicted molar refractivity (Wildman–Crippen MR) is 67.1 cm³/mol. The lowest BCUT2D eigenvalue weighted by atomic mass is 9.81. The summed E-state index contributed by atoms with van der Waals surface area (Å²) in [5.41, 5.74) is 10.4. The largest absolute Gasteiger partial charge is 0.370 e. The molecular formula is C10H20N4S. The number of nitrogens with one attached hydrogen (secondary N) is 1. The molecule has 4 nitrogen and oxygen atoms in total. The molecule has 0 radical (unpaired) electrons. The third-order valence-corrected chi connectivity index (χ3v) is 4.14.